The van der Waals surface area contributed by atoms with Gasteiger partial charge in [-0.05, 0) is 56.8 Å². The maximum absolute atomic E-state index is 12.5. The third-order valence-electron chi connectivity index (χ3n) is 4.87. The van der Waals surface area contributed by atoms with Crippen LogP contribution in [0.3, 0.4) is 0 Å². The summed E-state index contributed by atoms with van der Waals surface area (Å²) in [5.74, 6) is 0.851. The van der Waals surface area contributed by atoms with E-state index in [-0.39, 0.29) is 11.6 Å². The standard InChI is InChI=1S/C16H18N2O4/c19-15-10(2-1-9-3-5-17-6-4-9)16(20)12-8-14-13(7-11(12)15)21-18-22-14/h7-10,17-18H,1-6H2. The molecule has 0 radical (unpaired) electrons. The van der Waals surface area contributed by atoms with E-state index in [9.17, 15) is 9.59 Å². The Bertz CT molecular complexity index is 594. The molecule has 0 spiro atoms. The lowest BCUT2D eigenvalue weighted by atomic mass is 9.88. The second-order valence-electron chi connectivity index (χ2n) is 6.18. The predicted octanol–water partition coefficient (Wildman–Crippen LogP) is 1.65. The number of Topliss-reactive ketones (excluding diaryl/α,β-unsaturated/α-hetero) is 2. The summed E-state index contributed by atoms with van der Waals surface area (Å²) in [7, 11) is 0. The summed E-state index contributed by atoms with van der Waals surface area (Å²) >= 11 is 0. The topological polar surface area (TPSA) is 76.7 Å². The molecule has 6 nitrogen and oxygen atoms in total. The molecule has 2 heterocycles. The first-order valence-corrected chi connectivity index (χ1v) is 7.80. The molecule has 0 aromatic heterocycles. The normalized spacial score (nSPS) is 21.5. The van der Waals surface area contributed by atoms with Crippen molar-refractivity contribution in [3.63, 3.8) is 0 Å². The minimum atomic E-state index is -0.527. The zero-order valence-corrected chi connectivity index (χ0v) is 12.2. The lowest BCUT2D eigenvalue weighted by molar-refractivity contribution is 0.0259. The molecule has 1 aliphatic carbocycles. The molecular weight excluding hydrogens is 284 g/mol. The van der Waals surface area contributed by atoms with Crippen molar-refractivity contribution in [1.29, 1.82) is 0 Å². The molecule has 0 atom stereocenters. The molecule has 22 heavy (non-hydrogen) atoms. The number of hydrogen-bond acceptors (Lipinski definition) is 6. The third kappa shape index (κ3) is 2.19. The van der Waals surface area contributed by atoms with Crippen LogP contribution in [0.2, 0.25) is 0 Å². The first-order chi connectivity index (χ1) is 10.7. The average Bonchev–Trinajstić information content (AvgIpc) is 3.09. The maximum Gasteiger partial charge on any atom is 0.196 e. The van der Waals surface area contributed by atoms with Gasteiger partial charge < -0.3 is 15.0 Å². The van der Waals surface area contributed by atoms with Crippen molar-refractivity contribution in [3.8, 4) is 11.5 Å². The number of carbonyl (C=O) groups is 2. The van der Waals surface area contributed by atoms with Crippen LogP contribution in [-0.2, 0) is 0 Å². The molecular formula is C16H18N2O4. The van der Waals surface area contributed by atoms with E-state index in [2.05, 4.69) is 11.0 Å². The van der Waals surface area contributed by atoms with E-state index in [4.69, 9.17) is 9.68 Å². The van der Waals surface area contributed by atoms with Crippen molar-refractivity contribution in [2.45, 2.75) is 25.7 Å². The first kappa shape index (κ1) is 13.7. The van der Waals surface area contributed by atoms with Crippen LogP contribution in [0.5, 0.6) is 11.5 Å². The predicted molar refractivity (Wildman–Crippen MR) is 77.8 cm³/mol. The Morgan fingerprint density at radius 2 is 1.55 bits per heavy atom. The Labute approximate surface area is 128 Å². The molecule has 3 aliphatic rings. The van der Waals surface area contributed by atoms with Gasteiger partial charge in [-0.25, -0.2) is 0 Å². The van der Waals surface area contributed by atoms with Crippen LogP contribution in [0.25, 0.3) is 0 Å². The van der Waals surface area contributed by atoms with Crippen LogP contribution < -0.4 is 20.6 Å². The van der Waals surface area contributed by atoms with Gasteiger partial charge in [-0.2, -0.15) is 0 Å². The molecule has 1 fully saturated rings. The van der Waals surface area contributed by atoms with Crippen molar-refractivity contribution < 1.29 is 19.3 Å². The summed E-state index contributed by atoms with van der Waals surface area (Å²) in [6.07, 6.45) is 3.83. The number of nitrogens with one attached hydrogen (secondary N) is 2. The first-order valence-electron chi connectivity index (χ1n) is 7.80. The van der Waals surface area contributed by atoms with Gasteiger partial charge in [0, 0.05) is 16.8 Å². The lowest BCUT2D eigenvalue weighted by Gasteiger charge is -2.23. The van der Waals surface area contributed by atoms with Crippen LogP contribution >= 0.6 is 0 Å². The van der Waals surface area contributed by atoms with E-state index in [1.807, 2.05) is 0 Å². The summed E-state index contributed by atoms with van der Waals surface area (Å²) < 4.78 is 0. The van der Waals surface area contributed by atoms with Crippen molar-refractivity contribution in [2.24, 2.45) is 11.8 Å². The molecule has 1 aromatic carbocycles. The second kappa shape index (κ2) is 5.37. The number of hydrogen-bond donors (Lipinski definition) is 2. The van der Waals surface area contributed by atoms with Crippen LogP contribution in [-0.4, -0.2) is 24.7 Å². The number of piperidine rings is 1. The fraction of sp³-hybridized carbons (Fsp3) is 0.500. The van der Waals surface area contributed by atoms with Crippen LogP contribution in [0.4, 0.5) is 0 Å². The summed E-state index contributed by atoms with van der Waals surface area (Å²) in [6, 6.07) is 3.21. The number of ketones is 2. The number of rotatable bonds is 3. The molecule has 116 valence electrons. The Morgan fingerprint density at radius 1 is 0.955 bits per heavy atom. The fourth-order valence-electron chi connectivity index (χ4n) is 3.57. The van der Waals surface area contributed by atoms with Gasteiger partial charge in [0.05, 0.1) is 5.92 Å². The maximum atomic E-state index is 12.5. The summed E-state index contributed by atoms with van der Waals surface area (Å²) in [5, 5.41) is 3.33. The summed E-state index contributed by atoms with van der Waals surface area (Å²) in [5.41, 5.74) is 3.20. The van der Waals surface area contributed by atoms with E-state index < -0.39 is 5.92 Å². The molecule has 0 amide bonds. The van der Waals surface area contributed by atoms with Crippen LogP contribution in [0.15, 0.2) is 12.1 Å². The molecule has 0 bridgehead atoms. The molecule has 2 N–H and O–H groups in total. The zero-order chi connectivity index (χ0) is 15.1. The molecule has 1 saturated heterocycles. The van der Waals surface area contributed by atoms with Gasteiger partial charge in [-0.15, -0.1) is 0 Å². The van der Waals surface area contributed by atoms with Crippen molar-refractivity contribution in [2.75, 3.05) is 13.1 Å². The Balaban J connectivity index is 1.51. The van der Waals surface area contributed by atoms with Gasteiger partial charge >= 0.3 is 0 Å². The number of carbonyl (C=O) groups excluding carboxylic acids is 2. The minimum Gasteiger partial charge on any atom is -0.370 e. The van der Waals surface area contributed by atoms with E-state index >= 15 is 0 Å². The van der Waals surface area contributed by atoms with Gasteiger partial charge in [0.25, 0.3) is 0 Å². The Kier molecular flexibility index (Phi) is 3.35. The Morgan fingerprint density at radius 3 is 2.14 bits per heavy atom. The van der Waals surface area contributed by atoms with Crippen molar-refractivity contribution in [1.82, 2.24) is 11.0 Å². The monoisotopic (exact) mass is 302 g/mol. The van der Waals surface area contributed by atoms with E-state index in [0.717, 1.165) is 32.4 Å². The SMILES string of the molecule is O=C1c2cc3c(cc2C(=O)C1CCC1CCNCC1)ONO3. The zero-order valence-electron chi connectivity index (χ0n) is 12.2. The number of benzene rings is 1. The fourth-order valence-corrected chi connectivity index (χ4v) is 3.57. The third-order valence-corrected chi connectivity index (χ3v) is 4.87. The highest BCUT2D eigenvalue weighted by atomic mass is 16.9. The summed E-state index contributed by atoms with van der Waals surface area (Å²) in [6.45, 7) is 2.07. The minimum absolute atomic E-state index is 0.0766. The molecule has 6 heteroatoms. The van der Waals surface area contributed by atoms with Crippen LogP contribution in [0.1, 0.15) is 46.4 Å². The van der Waals surface area contributed by atoms with Gasteiger partial charge in [-0.1, -0.05) is 0 Å². The highest BCUT2D eigenvalue weighted by molar-refractivity contribution is 6.26. The molecule has 0 saturated carbocycles. The quantitative estimate of drug-likeness (QED) is 0.827. The highest BCUT2D eigenvalue weighted by Crippen LogP contribution is 2.39. The Hall–Kier alpha value is -1.92. The average molecular weight is 302 g/mol. The van der Waals surface area contributed by atoms with Gasteiger partial charge in [0.2, 0.25) is 0 Å². The summed E-state index contributed by atoms with van der Waals surface area (Å²) in [4.78, 5) is 35.2. The van der Waals surface area contributed by atoms with Crippen molar-refractivity contribution >= 4 is 11.6 Å². The van der Waals surface area contributed by atoms with Gasteiger partial charge in [0.1, 0.15) is 0 Å². The van der Waals surface area contributed by atoms with Crippen LogP contribution in [0, 0.1) is 11.8 Å². The van der Waals surface area contributed by atoms with E-state index in [0.29, 0.717) is 35.0 Å². The second-order valence-corrected chi connectivity index (χ2v) is 6.18. The molecule has 4 rings (SSSR count). The number of fused-ring (bicyclic) bond motifs is 2. The van der Waals surface area contributed by atoms with Crippen molar-refractivity contribution in [3.05, 3.63) is 23.3 Å². The van der Waals surface area contributed by atoms with E-state index in [1.165, 1.54) is 0 Å². The van der Waals surface area contributed by atoms with E-state index in [1.54, 1.807) is 12.1 Å². The largest absolute Gasteiger partial charge is 0.370 e. The molecule has 0 unspecified atom stereocenters. The molecule has 1 aromatic rings. The van der Waals surface area contributed by atoms with Gasteiger partial charge in [0.15, 0.2) is 23.1 Å². The van der Waals surface area contributed by atoms with Gasteiger partial charge in [-0.3, -0.25) is 9.59 Å². The smallest absolute Gasteiger partial charge is 0.196 e. The lowest BCUT2D eigenvalue weighted by Crippen LogP contribution is -2.28. The highest BCUT2D eigenvalue weighted by Gasteiger charge is 2.40. The molecule has 2 aliphatic heterocycles.